The van der Waals surface area contributed by atoms with Gasteiger partial charge < -0.3 is 15.1 Å². The van der Waals surface area contributed by atoms with Gasteiger partial charge in [0.05, 0.1) is 22.4 Å². The second-order valence-corrected chi connectivity index (χ2v) is 13.0. The van der Waals surface area contributed by atoms with Crippen LogP contribution in [0.3, 0.4) is 0 Å². The van der Waals surface area contributed by atoms with Crippen LogP contribution in [0.1, 0.15) is 66.6 Å². The molecule has 0 amide bonds. The first-order valence-electron chi connectivity index (χ1n) is 16.6. The lowest BCUT2D eigenvalue weighted by Gasteiger charge is -2.41. The number of pyridine rings is 1. The minimum absolute atomic E-state index is 0.0142. The lowest BCUT2D eigenvalue weighted by Crippen LogP contribution is -2.48. The molecule has 0 aliphatic carbocycles. The Balaban J connectivity index is 1.49. The Labute approximate surface area is 295 Å². The van der Waals surface area contributed by atoms with E-state index in [-0.39, 0.29) is 41.8 Å². The monoisotopic (exact) mass is 745 g/mol. The van der Waals surface area contributed by atoms with E-state index in [1.165, 1.54) is 23.1 Å². The number of hydrazine groups is 2. The number of aromatic nitrogens is 1. The Morgan fingerprint density at radius 2 is 1.46 bits per heavy atom. The molecule has 1 atom stereocenters. The van der Waals surface area contributed by atoms with Gasteiger partial charge in [-0.1, -0.05) is 13.0 Å². The number of anilines is 2. The van der Waals surface area contributed by atoms with E-state index < -0.39 is 41.8 Å². The number of hydrazone groups is 1. The third-order valence-electron chi connectivity index (χ3n) is 8.76. The van der Waals surface area contributed by atoms with Crippen molar-refractivity contribution in [2.75, 3.05) is 43.4 Å². The van der Waals surface area contributed by atoms with E-state index >= 15 is 0 Å². The number of rotatable bonds is 10. The van der Waals surface area contributed by atoms with E-state index in [4.69, 9.17) is 0 Å². The van der Waals surface area contributed by atoms with Gasteiger partial charge in [0.2, 0.25) is 5.96 Å². The molecule has 0 bridgehead atoms. The van der Waals surface area contributed by atoms with Gasteiger partial charge in [0, 0.05) is 64.6 Å². The zero-order chi connectivity index (χ0) is 38.0. The second-order valence-electron chi connectivity index (χ2n) is 13.0. The normalized spacial score (nSPS) is 16.8. The van der Waals surface area contributed by atoms with E-state index in [0.29, 0.717) is 50.3 Å². The molecule has 2 aliphatic rings. The topological polar surface area (TPSA) is 74.3 Å². The third-order valence-corrected chi connectivity index (χ3v) is 8.76. The fourth-order valence-electron chi connectivity index (χ4n) is 6.44. The van der Waals surface area contributed by atoms with E-state index in [1.807, 2.05) is 32.9 Å². The number of piperazine rings is 1. The SMILES string of the molecule is CCC(c1ccc(C(F)(F)F)cc1CN(Cc1cc(C(F)(F)F)cc(C(F)(F)F)c1)C1=NNN(C)N1)N1CCN(c2ncccc2NC(C)C)CC1. The van der Waals surface area contributed by atoms with Crippen LogP contribution in [0.5, 0.6) is 0 Å². The van der Waals surface area contributed by atoms with Crippen LogP contribution in [0.2, 0.25) is 0 Å². The highest BCUT2D eigenvalue weighted by atomic mass is 19.4. The summed E-state index contributed by atoms with van der Waals surface area (Å²) >= 11 is 0. The molecule has 1 saturated heterocycles. The van der Waals surface area contributed by atoms with Gasteiger partial charge >= 0.3 is 18.5 Å². The molecule has 2 aliphatic heterocycles. The summed E-state index contributed by atoms with van der Waals surface area (Å²) in [6.07, 6.45) is -12.7. The standard InChI is InChI=1S/C34H40F9N9/c1-5-29(50-11-13-51(14-12-50)30-28(45-21(2)3)7-6-10-44-30)27-9-8-24(32(35,36)37)17-23(27)20-52(31-46-48-49(4)47-31)19-22-15-25(33(38,39)40)18-26(16-22)34(41,42)43/h6-10,15-18,21,29,45,48H,5,11-14,19-20H2,1-4H3,(H,46,47). The van der Waals surface area contributed by atoms with Crippen molar-refractivity contribution < 1.29 is 39.5 Å². The van der Waals surface area contributed by atoms with Gasteiger partial charge in [0.15, 0.2) is 5.82 Å². The van der Waals surface area contributed by atoms with Crippen molar-refractivity contribution in [1.29, 1.82) is 0 Å². The predicted molar refractivity (Wildman–Crippen MR) is 178 cm³/mol. The van der Waals surface area contributed by atoms with Crippen molar-refractivity contribution in [3.8, 4) is 0 Å². The Kier molecular flexibility index (Phi) is 11.4. The summed E-state index contributed by atoms with van der Waals surface area (Å²) in [5.41, 5.74) is 2.68. The van der Waals surface area contributed by atoms with E-state index in [9.17, 15) is 39.5 Å². The summed E-state index contributed by atoms with van der Waals surface area (Å²) in [5.74, 6) is 0.779. The lowest BCUT2D eigenvalue weighted by atomic mass is 9.93. The van der Waals surface area contributed by atoms with E-state index in [2.05, 4.69) is 36.2 Å². The highest BCUT2D eigenvalue weighted by molar-refractivity contribution is 5.80. The summed E-state index contributed by atoms with van der Waals surface area (Å²) in [6, 6.07) is 8.21. The second kappa shape index (κ2) is 15.3. The van der Waals surface area contributed by atoms with Crippen LogP contribution in [0.15, 0.2) is 59.8 Å². The molecule has 5 rings (SSSR count). The van der Waals surface area contributed by atoms with Crippen LogP contribution in [-0.4, -0.2) is 65.1 Å². The molecule has 3 aromatic rings. The van der Waals surface area contributed by atoms with Crippen molar-refractivity contribution in [3.05, 3.63) is 88.1 Å². The first-order chi connectivity index (χ1) is 24.3. The minimum Gasteiger partial charge on any atom is -0.380 e. The van der Waals surface area contributed by atoms with Crippen molar-refractivity contribution in [2.45, 2.75) is 70.9 Å². The maximum Gasteiger partial charge on any atom is 0.416 e. The Morgan fingerprint density at radius 3 is 2.00 bits per heavy atom. The number of alkyl halides is 9. The smallest absolute Gasteiger partial charge is 0.380 e. The van der Waals surface area contributed by atoms with Gasteiger partial charge in [-0.15, -0.1) is 10.2 Å². The maximum atomic E-state index is 14.1. The average Bonchev–Trinajstić information content (AvgIpc) is 3.50. The molecule has 9 nitrogen and oxygen atoms in total. The number of halogens is 9. The van der Waals surface area contributed by atoms with Gasteiger partial charge in [0.1, 0.15) is 0 Å². The van der Waals surface area contributed by atoms with Gasteiger partial charge in [-0.25, -0.2) is 10.5 Å². The van der Waals surface area contributed by atoms with Gasteiger partial charge in [-0.05, 0) is 79.4 Å². The van der Waals surface area contributed by atoms with Crippen molar-refractivity contribution >= 4 is 17.5 Å². The molecule has 3 heterocycles. The number of benzene rings is 2. The number of hydrogen-bond acceptors (Lipinski definition) is 9. The lowest BCUT2D eigenvalue weighted by molar-refractivity contribution is -0.143. The third kappa shape index (κ3) is 9.31. The van der Waals surface area contributed by atoms with Crippen molar-refractivity contribution in [2.24, 2.45) is 5.10 Å². The molecule has 52 heavy (non-hydrogen) atoms. The van der Waals surface area contributed by atoms with Crippen LogP contribution in [-0.2, 0) is 31.6 Å². The van der Waals surface area contributed by atoms with Crippen molar-refractivity contribution in [1.82, 2.24) is 30.9 Å². The molecular formula is C34H40F9N9. The Hall–Kier alpha value is -4.45. The molecule has 18 heteroatoms. The maximum absolute atomic E-state index is 14.1. The fourth-order valence-corrected chi connectivity index (χ4v) is 6.44. The van der Waals surface area contributed by atoms with Crippen LogP contribution in [0.4, 0.5) is 51.0 Å². The van der Waals surface area contributed by atoms with Gasteiger partial charge in [0.25, 0.3) is 0 Å². The Bertz CT molecular complexity index is 1680. The zero-order valence-corrected chi connectivity index (χ0v) is 28.9. The molecule has 284 valence electrons. The molecule has 2 aromatic carbocycles. The van der Waals surface area contributed by atoms with Gasteiger partial charge in [-0.2, -0.15) is 39.5 Å². The molecule has 0 saturated carbocycles. The quantitative estimate of drug-likeness (QED) is 0.185. The number of hydrogen-bond donors (Lipinski definition) is 3. The predicted octanol–water partition coefficient (Wildman–Crippen LogP) is 7.46. The van der Waals surface area contributed by atoms with Crippen LogP contribution in [0, 0.1) is 0 Å². The molecule has 3 N–H and O–H groups in total. The zero-order valence-electron chi connectivity index (χ0n) is 28.9. The molecular weight excluding hydrogens is 705 g/mol. The molecule has 1 fully saturated rings. The summed E-state index contributed by atoms with van der Waals surface area (Å²) in [6.45, 7) is 7.34. The summed E-state index contributed by atoms with van der Waals surface area (Å²) in [4.78, 5) is 10.2. The van der Waals surface area contributed by atoms with Gasteiger partial charge in [-0.3, -0.25) is 10.3 Å². The Morgan fingerprint density at radius 1 is 0.827 bits per heavy atom. The summed E-state index contributed by atoms with van der Waals surface area (Å²) < 4.78 is 125. The average molecular weight is 746 g/mol. The first-order valence-corrected chi connectivity index (χ1v) is 16.6. The molecule has 1 unspecified atom stereocenters. The highest BCUT2D eigenvalue weighted by Crippen LogP contribution is 2.38. The van der Waals surface area contributed by atoms with E-state index in [0.717, 1.165) is 23.6 Å². The molecule has 0 radical (unpaired) electrons. The number of guanidine groups is 1. The summed E-state index contributed by atoms with van der Waals surface area (Å²) in [7, 11) is 1.51. The largest absolute Gasteiger partial charge is 0.416 e. The summed E-state index contributed by atoms with van der Waals surface area (Å²) in [5, 5.41) is 8.76. The van der Waals surface area contributed by atoms with Crippen LogP contribution >= 0.6 is 0 Å². The van der Waals surface area contributed by atoms with E-state index in [1.54, 1.807) is 6.20 Å². The van der Waals surface area contributed by atoms with Crippen LogP contribution < -0.4 is 21.2 Å². The molecule has 1 aromatic heterocycles. The first kappa shape index (κ1) is 38.8. The number of nitrogens with zero attached hydrogens (tertiary/aromatic N) is 6. The fraction of sp³-hybridized carbons (Fsp3) is 0.471. The molecule has 0 spiro atoms. The van der Waals surface area contributed by atoms with Crippen LogP contribution in [0.25, 0.3) is 0 Å². The minimum atomic E-state index is -5.08. The highest BCUT2D eigenvalue weighted by Gasteiger charge is 2.38. The van der Waals surface area contributed by atoms with Crippen molar-refractivity contribution in [3.63, 3.8) is 0 Å². The number of nitrogens with one attached hydrogen (secondary N) is 3.